The van der Waals surface area contributed by atoms with Crippen LogP contribution in [0.2, 0.25) is 0 Å². The van der Waals surface area contributed by atoms with Gasteiger partial charge in [0.2, 0.25) is 5.78 Å². The molecule has 218 valence electrons. The zero-order valence-electron chi connectivity index (χ0n) is 24.2. The number of carbonyl (C=O) groups is 3. The zero-order chi connectivity index (χ0) is 30.4. The number of primary amides is 1. The monoisotopic (exact) mass is 556 g/mol. The topological polar surface area (TPSA) is 182 Å². The first-order chi connectivity index (χ1) is 18.2. The number of hydrogen-bond acceptors (Lipinski definition) is 9. The number of likely N-dealkylation sites (N-methyl/N-ethyl adjacent to an activating group) is 1. The Balaban J connectivity index is 2.12. The number of nitrogens with two attached hydrogens (primary N) is 1. The highest BCUT2D eigenvalue weighted by Crippen LogP contribution is 2.58. The number of fused-ring (bicyclic) bond motifs is 3. The summed E-state index contributed by atoms with van der Waals surface area (Å²) in [5.41, 5.74) is 1.31. The van der Waals surface area contributed by atoms with Crippen molar-refractivity contribution in [2.75, 3.05) is 14.1 Å². The molecule has 10 nitrogen and oxygen atoms in total. The first kappa shape index (κ1) is 29.8. The molecule has 6 atom stereocenters. The second-order valence-electron chi connectivity index (χ2n) is 13.8. The van der Waals surface area contributed by atoms with Gasteiger partial charge in [-0.05, 0) is 42.8 Å². The largest absolute Gasteiger partial charge is 0.508 e. The first-order valence-electron chi connectivity index (χ1n) is 13.4. The van der Waals surface area contributed by atoms with Crippen LogP contribution in [0.3, 0.4) is 0 Å². The van der Waals surface area contributed by atoms with Crippen LogP contribution in [-0.2, 0) is 19.8 Å². The number of hydrogen-bond donors (Lipinski definition) is 6. The summed E-state index contributed by atoms with van der Waals surface area (Å²) in [6, 6.07) is 2.14. The maximum Gasteiger partial charge on any atom is 0.255 e. The molecule has 1 saturated carbocycles. The number of phenolic OH excluding ortho intramolecular Hbond substituents is 1. The van der Waals surface area contributed by atoms with Crippen molar-refractivity contribution in [1.82, 2.24) is 4.90 Å². The molecule has 4 rings (SSSR count). The molecular formula is C30H40N2O8. The van der Waals surface area contributed by atoms with Crippen molar-refractivity contribution < 1.29 is 39.9 Å². The van der Waals surface area contributed by atoms with Crippen molar-refractivity contribution in [2.45, 2.75) is 77.0 Å². The van der Waals surface area contributed by atoms with E-state index in [0.717, 1.165) is 0 Å². The summed E-state index contributed by atoms with van der Waals surface area (Å²) in [4.78, 5) is 41.3. The van der Waals surface area contributed by atoms with Crippen LogP contribution in [0.1, 0.15) is 70.6 Å². The molecule has 6 unspecified atom stereocenters. The van der Waals surface area contributed by atoms with E-state index >= 15 is 0 Å². The Labute approximate surface area is 233 Å². The zero-order valence-corrected chi connectivity index (χ0v) is 24.2. The number of carbonyl (C=O) groups excluding carboxylic acids is 3. The van der Waals surface area contributed by atoms with Crippen molar-refractivity contribution in [1.29, 1.82) is 0 Å². The second-order valence-corrected chi connectivity index (χ2v) is 13.8. The third-order valence-electron chi connectivity index (χ3n) is 8.57. The minimum absolute atomic E-state index is 0.0187. The molecule has 3 aliphatic rings. The van der Waals surface area contributed by atoms with E-state index in [1.807, 2.05) is 41.5 Å². The van der Waals surface area contributed by atoms with E-state index in [0.29, 0.717) is 17.5 Å². The summed E-state index contributed by atoms with van der Waals surface area (Å²) >= 11 is 0. The molecule has 3 aliphatic carbocycles. The standard InChI is InChI=1S/C30H40N2O8/c1-28(2,3)11-13-12-9-10-14(29(4,5)6)21(33)16(12)22(34)17-15(13)23(35)19-20(32(7)8)24(36)18(27(31)39)26(38)30(19,40)25(17)37/h9-10,13,15,19-20,23,33-35,38,40H,11H2,1-8H3,(H2,31,39). The fourth-order valence-electron chi connectivity index (χ4n) is 6.94. The van der Waals surface area contributed by atoms with E-state index in [9.17, 15) is 39.9 Å². The molecule has 1 aromatic rings. The number of phenols is 1. The highest BCUT2D eigenvalue weighted by Gasteiger charge is 2.68. The van der Waals surface area contributed by atoms with Gasteiger partial charge in [-0.3, -0.25) is 19.3 Å². The molecule has 1 amide bonds. The van der Waals surface area contributed by atoms with E-state index in [-0.39, 0.29) is 22.3 Å². The lowest BCUT2D eigenvalue weighted by Gasteiger charge is -2.54. The summed E-state index contributed by atoms with van der Waals surface area (Å²) in [7, 11) is 2.97. The van der Waals surface area contributed by atoms with Crippen LogP contribution in [0.5, 0.6) is 5.75 Å². The molecule has 0 heterocycles. The fourth-order valence-corrected chi connectivity index (χ4v) is 6.94. The van der Waals surface area contributed by atoms with Crippen LogP contribution >= 0.6 is 0 Å². The van der Waals surface area contributed by atoms with Crippen molar-refractivity contribution in [3.05, 3.63) is 45.7 Å². The molecule has 0 aromatic heterocycles. The number of aliphatic hydroxyl groups is 4. The highest BCUT2D eigenvalue weighted by atomic mass is 16.4. The van der Waals surface area contributed by atoms with Gasteiger partial charge in [0.05, 0.1) is 23.6 Å². The average molecular weight is 557 g/mol. The second kappa shape index (κ2) is 9.15. The summed E-state index contributed by atoms with van der Waals surface area (Å²) in [5.74, 6) is -8.83. The van der Waals surface area contributed by atoms with Gasteiger partial charge in [0, 0.05) is 17.1 Å². The lowest BCUT2D eigenvalue weighted by molar-refractivity contribution is -0.170. The number of benzene rings is 1. The molecule has 40 heavy (non-hydrogen) atoms. The summed E-state index contributed by atoms with van der Waals surface area (Å²) < 4.78 is 0. The molecule has 0 radical (unpaired) electrons. The Morgan fingerprint density at radius 2 is 1.62 bits per heavy atom. The van der Waals surface area contributed by atoms with Gasteiger partial charge in [-0.1, -0.05) is 53.7 Å². The van der Waals surface area contributed by atoms with Gasteiger partial charge in [0.1, 0.15) is 22.8 Å². The average Bonchev–Trinajstić information content (AvgIpc) is 2.78. The molecule has 0 spiro atoms. The number of Topliss-reactive ketones (excluding diaryl/α,β-unsaturated/α-hetero) is 2. The van der Waals surface area contributed by atoms with Crippen LogP contribution in [-0.4, -0.2) is 79.7 Å². The van der Waals surface area contributed by atoms with Gasteiger partial charge in [-0.15, -0.1) is 0 Å². The van der Waals surface area contributed by atoms with E-state index < -0.39 is 75.5 Å². The number of nitrogens with zero attached hydrogens (tertiary/aromatic N) is 1. The number of aliphatic hydroxyl groups excluding tert-OH is 3. The van der Waals surface area contributed by atoms with E-state index in [2.05, 4.69) is 0 Å². The maximum atomic E-state index is 14.3. The fraction of sp³-hybridized carbons (Fsp3) is 0.567. The van der Waals surface area contributed by atoms with Crippen molar-refractivity contribution in [2.24, 2.45) is 23.0 Å². The Morgan fingerprint density at radius 3 is 2.10 bits per heavy atom. The van der Waals surface area contributed by atoms with Crippen LogP contribution < -0.4 is 5.73 Å². The van der Waals surface area contributed by atoms with Crippen LogP contribution in [0.4, 0.5) is 0 Å². The molecule has 1 fully saturated rings. The van der Waals surface area contributed by atoms with Gasteiger partial charge in [0.25, 0.3) is 5.91 Å². The predicted molar refractivity (Wildman–Crippen MR) is 147 cm³/mol. The number of aromatic hydroxyl groups is 1. The van der Waals surface area contributed by atoms with Gasteiger partial charge in [-0.2, -0.15) is 0 Å². The number of ketones is 2. The molecule has 0 saturated heterocycles. The van der Waals surface area contributed by atoms with Gasteiger partial charge in [-0.25, -0.2) is 0 Å². The van der Waals surface area contributed by atoms with Crippen molar-refractivity contribution >= 4 is 23.2 Å². The van der Waals surface area contributed by atoms with E-state index in [1.165, 1.54) is 19.0 Å². The molecule has 7 N–H and O–H groups in total. The Bertz CT molecular complexity index is 1380. The van der Waals surface area contributed by atoms with Crippen molar-refractivity contribution in [3.8, 4) is 5.75 Å². The van der Waals surface area contributed by atoms with E-state index in [1.54, 1.807) is 12.1 Å². The molecule has 0 aliphatic heterocycles. The minimum atomic E-state index is -2.94. The van der Waals surface area contributed by atoms with Gasteiger partial charge < -0.3 is 31.3 Å². The Kier molecular flexibility index (Phi) is 6.81. The Morgan fingerprint density at radius 1 is 1.05 bits per heavy atom. The smallest absolute Gasteiger partial charge is 0.255 e. The third kappa shape index (κ3) is 4.07. The number of rotatable bonds is 3. The molecular weight excluding hydrogens is 516 g/mol. The molecule has 0 bridgehead atoms. The van der Waals surface area contributed by atoms with Gasteiger partial charge >= 0.3 is 0 Å². The SMILES string of the molecule is CN(C)C1C(=O)C(C(N)=O)=C(O)C2(O)C(=O)C3=C(O)c4c(ccc(C(C)(C)C)c4O)C(CC(C)(C)C)C3C(O)C12. The lowest BCUT2D eigenvalue weighted by Crippen LogP contribution is -2.70. The quantitative estimate of drug-likeness (QED) is 0.304. The van der Waals surface area contributed by atoms with Crippen LogP contribution in [0.15, 0.2) is 29.0 Å². The highest BCUT2D eigenvalue weighted by molar-refractivity contribution is 6.24. The van der Waals surface area contributed by atoms with Crippen LogP contribution in [0.25, 0.3) is 5.76 Å². The maximum absolute atomic E-state index is 14.3. The van der Waals surface area contributed by atoms with Crippen molar-refractivity contribution in [3.63, 3.8) is 0 Å². The van der Waals surface area contributed by atoms with E-state index in [4.69, 9.17) is 5.73 Å². The summed E-state index contributed by atoms with van der Waals surface area (Å²) in [5, 5.41) is 58.0. The molecule has 1 aromatic carbocycles. The minimum Gasteiger partial charge on any atom is -0.508 e. The summed E-state index contributed by atoms with van der Waals surface area (Å²) in [6.45, 7) is 11.6. The lowest BCUT2D eigenvalue weighted by atomic mass is 9.53. The molecule has 10 heteroatoms. The third-order valence-corrected chi connectivity index (χ3v) is 8.57. The first-order valence-corrected chi connectivity index (χ1v) is 13.4. The predicted octanol–water partition coefficient (Wildman–Crippen LogP) is 2.21. The number of amides is 1. The summed E-state index contributed by atoms with van der Waals surface area (Å²) in [6.07, 6.45) is -1.22. The van der Waals surface area contributed by atoms with Crippen LogP contribution in [0, 0.1) is 17.3 Å². The Hall–Kier alpha value is -3.21. The van der Waals surface area contributed by atoms with Gasteiger partial charge in [0.15, 0.2) is 11.4 Å². The normalized spacial score (nSPS) is 30.8.